The summed E-state index contributed by atoms with van der Waals surface area (Å²) in [6.45, 7) is 0. The quantitative estimate of drug-likeness (QED) is 0.421. The normalized spacial score (nSPS) is 12.4. The summed E-state index contributed by atoms with van der Waals surface area (Å²) in [5.74, 6) is -0.594. The summed E-state index contributed by atoms with van der Waals surface area (Å²) in [4.78, 5) is 13.2. The maximum atomic E-state index is 10.7. The number of nitrogens with one attached hydrogen (secondary N) is 1. The van der Waals surface area contributed by atoms with Crippen molar-refractivity contribution in [3.05, 3.63) is 28.7 Å². The molecule has 0 aliphatic rings. The topological polar surface area (TPSA) is 86.1 Å². The molecule has 0 radical (unpaired) electrons. The van der Waals surface area contributed by atoms with E-state index in [2.05, 4.69) is 9.40 Å². The van der Waals surface area contributed by atoms with Crippen LogP contribution < -0.4 is 35.3 Å². The van der Waals surface area contributed by atoms with Crippen molar-refractivity contribution in [1.82, 2.24) is 4.98 Å². The van der Waals surface area contributed by atoms with Crippen LogP contribution in [0, 0.1) is 0 Å². The average Bonchev–Trinajstić information content (AvgIpc) is 2.42. The number of oxazole rings is 1. The van der Waals surface area contributed by atoms with Crippen LogP contribution in [0.3, 0.4) is 0 Å². The number of aromatic amines is 1. The summed E-state index contributed by atoms with van der Waals surface area (Å²) < 4.78 is 25.7. The van der Waals surface area contributed by atoms with E-state index >= 15 is 0 Å². The summed E-state index contributed by atoms with van der Waals surface area (Å²) in [6, 6.07) is 4.15. The number of hydrogen-bond acceptors (Lipinski definition) is 4. The second kappa shape index (κ2) is 4.41. The van der Waals surface area contributed by atoms with E-state index in [9.17, 15) is 13.6 Å². The summed E-state index contributed by atoms with van der Waals surface area (Å²) in [7, 11) is 0. The van der Waals surface area contributed by atoms with Crippen LogP contribution in [-0.4, -0.2) is 13.7 Å². The summed E-state index contributed by atoms with van der Waals surface area (Å²) in [5.41, 5.74) is 0.728. The van der Waals surface area contributed by atoms with Crippen molar-refractivity contribution in [1.29, 1.82) is 0 Å². The Bertz CT molecular complexity index is 532. The molecule has 0 saturated heterocycles. The predicted octanol–water partition coefficient (Wildman–Crippen LogP) is -2.64. The van der Waals surface area contributed by atoms with Crippen LogP contribution in [0.5, 0.6) is 0 Å². The van der Waals surface area contributed by atoms with Gasteiger partial charge in [0.1, 0.15) is 0 Å². The van der Waals surface area contributed by atoms with Crippen molar-refractivity contribution < 1.29 is 42.7 Å². The molecule has 1 unspecified atom stereocenters. The Morgan fingerprint density at radius 1 is 1.43 bits per heavy atom. The smallest absolute Gasteiger partial charge is 0.768 e. The molecule has 5 nitrogen and oxygen atoms in total. The van der Waals surface area contributed by atoms with Gasteiger partial charge in [-0.15, -0.1) is 0 Å². The second-order valence-electron chi connectivity index (χ2n) is 2.41. The van der Waals surface area contributed by atoms with Gasteiger partial charge in [0.2, 0.25) is 0 Å². The Labute approximate surface area is 103 Å². The molecule has 0 fully saturated rings. The number of fused-ring (bicyclic) bond motifs is 1. The third kappa shape index (κ3) is 2.15. The fourth-order valence-corrected chi connectivity index (χ4v) is 1.41. The summed E-state index contributed by atoms with van der Waals surface area (Å²) in [5, 5.41) is 0. The van der Waals surface area contributed by atoms with Crippen molar-refractivity contribution in [2.45, 2.75) is 4.90 Å². The fourth-order valence-electron chi connectivity index (χ4n) is 1.03. The van der Waals surface area contributed by atoms with Gasteiger partial charge in [0.15, 0.2) is 5.58 Å². The Morgan fingerprint density at radius 3 is 2.79 bits per heavy atom. The molecule has 0 spiro atoms. The van der Waals surface area contributed by atoms with Crippen LogP contribution in [0.15, 0.2) is 32.3 Å². The van der Waals surface area contributed by atoms with Crippen molar-refractivity contribution in [3.8, 4) is 0 Å². The average molecular weight is 221 g/mol. The van der Waals surface area contributed by atoms with Gasteiger partial charge in [-0.05, 0) is 29.3 Å². The van der Waals surface area contributed by atoms with Gasteiger partial charge in [0.25, 0.3) is 0 Å². The Balaban J connectivity index is 0.000000980. The molecule has 0 amide bonds. The minimum absolute atomic E-state index is 0. The first-order chi connectivity index (χ1) is 6.16. The first kappa shape index (κ1) is 11.7. The molecule has 2 rings (SSSR count). The van der Waals surface area contributed by atoms with Crippen molar-refractivity contribution >= 4 is 22.2 Å². The molecule has 14 heavy (non-hydrogen) atoms. The van der Waals surface area contributed by atoms with E-state index in [-0.39, 0.29) is 40.0 Å². The zero-order valence-corrected chi connectivity index (χ0v) is 10.1. The third-order valence-corrected chi connectivity index (χ3v) is 2.22. The fraction of sp³-hybridized carbons (Fsp3) is 0. The van der Waals surface area contributed by atoms with E-state index in [1.54, 1.807) is 0 Å². The number of hydrogen-bond donors (Lipinski definition) is 1. The van der Waals surface area contributed by atoms with E-state index in [1.165, 1.54) is 18.2 Å². The summed E-state index contributed by atoms with van der Waals surface area (Å²) >= 11 is -2.30. The van der Waals surface area contributed by atoms with Crippen LogP contribution in [-0.2, 0) is 11.1 Å². The molecule has 1 N–H and O–H groups in total. The van der Waals surface area contributed by atoms with Gasteiger partial charge in [-0.1, -0.05) is 0 Å². The Hall–Kier alpha value is -0.400. The molecule has 0 saturated carbocycles. The Morgan fingerprint density at radius 2 is 2.14 bits per heavy atom. The van der Waals surface area contributed by atoms with E-state index in [0.29, 0.717) is 5.52 Å². The largest absolute Gasteiger partial charge is 1.00 e. The Kier molecular flexibility index (Phi) is 3.68. The third-order valence-electron chi connectivity index (χ3n) is 1.58. The van der Waals surface area contributed by atoms with Crippen molar-refractivity contribution in [2.24, 2.45) is 0 Å². The molecule has 7 heteroatoms. The minimum Gasteiger partial charge on any atom is -0.768 e. The molecule has 1 aromatic carbocycles. The van der Waals surface area contributed by atoms with E-state index in [1.807, 2.05) is 0 Å². The maximum absolute atomic E-state index is 10.7. The SMILES string of the molecule is O=c1[nH]c2ccc(S(=O)[O-])cc2o1.[Na+]. The van der Waals surface area contributed by atoms with Crippen LogP contribution in [0.1, 0.15) is 0 Å². The van der Waals surface area contributed by atoms with E-state index in [4.69, 9.17) is 0 Å². The molecule has 68 valence electrons. The number of rotatable bonds is 1. The monoisotopic (exact) mass is 221 g/mol. The molecular weight excluding hydrogens is 217 g/mol. The molecule has 0 aliphatic carbocycles. The van der Waals surface area contributed by atoms with Crippen molar-refractivity contribution in [3.63, 3.8) is 0 Å². The number of benzene rings is 1. The van der Waals surface area contributed by atoms with Gasteiger partial charge >= 0.3 is 35.3 Å². The maximum Gasteiger partial charge on any atom is 1.00 e. The van der Waals surface area contributed by atoms with Crippen molar-refractivity contribution in [2.75, 3.05) is 0 Å². The molecule has 1 aromatic heterocycles. The van der Waals surface area contributed by atoms with Crippen LogP contribution in [0.4, 0.5) is 0 Å². The minimum atomic E-state index is -2.30. The van der Waals surface area contributed by atoms with E-state index < -0.39 is 16.8 Å². The molecular formula is C7H4NNaO4S. The van der Waals surface area contributed by atoms with Gasteiger partial charge < -0.3 is 8.97 Å². The van der Waals surface area contributed by atoms with Gasteiger partial charge in [-0.25, -0.2) is 4.79 Å². The van der Waals surface area contributed by atoms with E-state index in [0.717, 1.165) is 0 Å². The molecule has 1 atom stereocenters. The van der Waals surface area contributed by atoms with Crippen LogP contribution >= 0.6 is 0 Å². The molecule has 0 bridgehead atoms. The molecule has 1 heterocycles. The van der Waals surface area contributed by atoms with Gasteiger partial charge in [0, 0.05) is 4.90 Å². The second-order valence-corrected chi connectivity index (χ2v) is 3.35. The van der Waals surface area contributed by atoms with Gasteiger partial charge in [0.05, 0.1) is 5.52 Å². The first-order valence-corrected chi connectivity index (χ1v) is 4.46. The van der Waals surface area contributed by atoms with Crippen LogP contribution in [0.2, 0.25) is 0 Å². The van der Waals surface area contributed by atoms with Gasteiger partial charge in [-0.3, -0.25) is 9.19 Å². The summed E-state index contributed by atoms with van der Waals surface area (Å²) in [6.07, 6.45) is 0. The van der Waals surface area contributed by atoms with Crippen LogP contribution in [0.25, 0.3) is 11.1 Å². The first-order valence-electron chi connectivity index (χ1n) is 3.39. The standard InChI is InChI=1S/C7H5NO4S.Na/c9-7-8-5-2-1-4(13(10)11)3-6(5)12-7;/h1-3H,(H,8,9)(H,10,11);/q;+1/p-1. The number of aromatic nitrogens is 1. The predicted molar refractivity (Wildman–Crippen MR) is 44.0 cm³/mol. The zero-order chi connectivity index (χ0) is 9.42. The van der Waals surface area contributed by atoms with Gasteiger partial charge in [-0.2, -0.15) is 0 Å². The number of H-pyrrole nitrogens is 1. The molecule has 2 aromatic rings. The zero-order valence-electron chi connectivity index (χ0n) is 7.27. The molecule has 0 aliphatic heterocycles.